The summed E-state index contributed by atoms with van der Waals surface area (Å²) < 4.78 is 17.6. The Kier molecular flexibility index (Phi) is 10.9. The van der Waals surface area contributed by atoms with Crippen LogP contribution in [0.5, 0.6) is 0 Å². The average Bonchev–Trinajstić information content (AvgIpc) is 2.70. The fourth-order valence-corrected chi connectivity index (χ4v) is 7.03. The normalized spacial score (nSPS) is 32.9. The summed E-state index contributed by atoms with van der Waals surface area (Å²) >= 11 is 0. The first-order valence-electron chi connectivity index (χ1n) is 11.5. The van der Waals surface area contributed by atoms with Crippen molar-refractivity contribution in [2.24, 2.45) is 5.92 Å². The van der Waals surface area contributed by atoms with Crippen molar-refractivity contribution in [1.29, 1.82) is 0 Å². The van der Waals surface area contributed by atoms with Gasteiger partial charge in [0.25, 0.3) is 0 Å². The van der Waals surface area contributed by atoms with Crippen molar-refractivity contribution in [3.05, 3.63) is 12.2 Å². The molecule has 180 valence electrons. The number of aliphatic hydroxyl groups excluding tert-OH is 1. The molecular weight excluding hydrogens is 416 g/mol. The molecule has 0 aliphatic carbocycles. The Morgan fingerprint density at radius 1 is 1.29 bits per heavy atom. The zero-order chi connectivity index (χ0) is 23.8. The lowest BCUT2D eigenvalue weighted by atomic mass is 9.89. The van der Waals surface area contributed by atoms with Crippen molar-refractivity contribution < 1.29 is 33.7 Å². The quantitative estimate of drug-likeness (QED) is 0.340. The van der Waals surface area contributed by atoms with Gasteiger partial charge >= 0.3 is 11.9 Å². The van der Waals surface area contributed by atoms with Crippen LogP contribution in [0.3, 0.4) is 0 Å². The lowest BCUT2D eigenvalue weighted by molar-refractivity contribution is -0.160. The second-order valence-corrected chi connectivity index (χ2v) is 13.8. The Labute approximate surface area is 188 Å². The van der Waals surface area contributed by atoms with Gasteiger partial charge in [-0.15, -0.1) is 0 Å². The average molecular weight is 459 g/mol. The molecule has 1 aliphatic heterocycles. The highest BCUT2D eigenvalue weighted by atomic mass is 28.4. The number of ether oxygens (including phenoxy) is 2. The highest BCUT2D eigenvalue weighted by molar-refractivity contribution is 6.73. The van der Waals surface area contributed by atoms with Gasteiger partial charge in [0, 0.05) is 12.8 Å². The predicted octanol–water partition coefficient (Wildman–Crippen LogP) is 3.73. The molecule has 1 rings (SSSR count). The van der Waals surface area contributed by atoms with Crippen molar-refractivity contribution in [2.45, 2.75) is 116 Å². The Bertz CT molecular complexity index is 605. The van der Waals surface area contributed by atoms with Gasteiger partial charge in [0.15, 0.2) is 8.32 Å². The minimum atomic E-state index is -2.00. The Morgan fingerprint density at radius 3 is 2.35 bits per heavy atom. The SMILES string of the molecule is CC[Si](CC)(CC)O[C@@H]1CC[C@@](C)(O)[C@@H](OC(C)=O)/C=C/[C@H](C)[C@@H]([C@@H](C)O)OC(=O)C1. The molecule has 0 aromatic rings. The molecule has 0 aromatic carbocycles. The number of rotatable bonds is 7. The van der Waals surface area contributed by atoms with Gasteiger partial charge in [-0.3, -0.25) is 9.59 Å². The molecule has 0 spiro atoms. The topological polar surface area (TPSA) is 102 Å². The number of hydrogen-bond donors (Lipinski definition) is 2. The summed E-state index contributed by atoms with van der Waals surface area (Å²) in [6.45, 7) is 12.7. The van der Waals surface area contributed by atoms with E-state index in [9.17, 15) is 19.8 Å². The first-order valence-corrected chi connectivity index (χ1v) is 14.1. The van der Waals surface area contributed by atoms with E-state index in [1.165, 1.54) is 6.92 Å². The number of cyclic esters (lactones) is 1. The third kappa shape index (κ3) is 8.33. The second-order valence-electron chi connectivity index (χ2n) is 9.05. The lowest BCUT2D eigenvalue weighted by Crippen LogP contribution is -2.45. The van der Waals surface area contributed by atoms with Gasteiger partial charge in [0.05, 0.1) is 18.6 Å². The summed E-state index contributed by atoms with van der Waals surface area (Å²) in [5.74, 6) is -1.25. The molecule has 0 saturated heterocycles. The van der Waals surface area contributed by atoms with Crippen LogP contribution in [0.2, 0.25) is 18.1 Å². The van der Waals surface area contributed by atoms with E-state index < -0.39 is 50.3 Å². The summed E-state index contributed by atoms with van der Waals surface area (Å²) in [6, 6.07) is 2.82. The maximum atomic E-state index is 12.7. The van der Waals surface area contributed by atoms with E-state index in [1.807, 2.05) is 6.92 Å². The molecule has 7 nitrogen and oxygen atoms in total. The van der Waals surface area contributed by atoms with E-state index in [2.05, 4.69) is 20.8 Å². The Balaban J connectivity index is 3.30. The second kappa shape index (κ2) is 12.1. The molecule has 0 fully saturated rings. The van der Waals surface area contributed by atoms with Crippen LogP contribution in [0, 0.1) is 5.92 Å². The number of carbonyl (C=O) groups is 2. The monoisotopic (exact) mass is 458 g/mol. The van der Waals surface area contributed by atoms with E-state index in [0.717, 1.165) is 18.1 Å². The van der Waals surface area contributed by atoms with Crippen LogP contribution in [0.15, 0.2) is 12.2 Å². The van der Waals surface area contributed by atoms with Crippen LogP contribution in [-0.4, -0.2) is 60.5 Å². The zero-order valence-electron chi connectivity index (χ0n) is 20.2. The first-order chi connectivity index (χ1) is 14.4. The van der Waals surface area contributed by atoms with Crippen molar-refractivity contribution in [2.75, 3.05) is 0 Å². The van der Waals surface area contributed by atoms with Crippen molar-refractivity contribution in [3.8, 4) is 0 Å². The first kappa shape index (κ1) is 27.8. The van der Waals surface area contributed by atoms with Gasteiger partial charge in [0.1, 0.15) is 17.8 Å². The van der Waals surface area contributed by atoms with Crippen molar-refractivity contribution in [3.63, 3.8) is 0 Å². The Hall–Kier alpha value is -1.22. The van der Waals surface area contributed by atoms with E-state index in [4.69, 9.17) is 13.9 Å². The molecule has 1 aliphatic rings. The van der Waals surface area contributed by atoms with Gasteiger partial charge < -0.3 is 24.1 Å². The van der Waals surface area contributed by atoms with Crippen molar-refractivity contribution in [1.82, 2.24) is 0 Å². The minimum Gasteiger partial charge on any atom is -0.459 e. The summed E-state index contributed by atoms with van der Waals surface area (Å²) in [5.41, 5.74) is -1.33. The van der Waals surface area contributed by atoms with Crippen LogP contribution in [0.1, 0.15) is 67.7 Å². The van der Waals surface area contributed by atoms with Crippen LogP contribution in [0.4, 0.5) is 0 Å². The molecule has 1 heterocycles. The molecule has 0 amide bonds. The molecule has 2 N–H and O–H groups in total. The smallest absolute Gasteiger partial charge is 0.308 e. The molecule has 31 heavy (non-hydrogen) atoms. The van der Waals surface area contributed by atoms with Crippen LogP contribution in [0.25, 0.3) is 0 Å². The maximum absolute atomic E-state index is 12.7. The van der Waals surface area contributed by atoms with Crippen molar-refractivity contribution >= 4 is 20.3 Å². The fourth-order valence-electron chi connectivity index (χ4n) is 4.12. The fraction of sp³-hybridized carbons (Fsp3) is 0.826. The zero-order valence-corrected chi connectivity index (χ0v) is 21.2. The minimum absolute atomic E-state index is 0.0583. The third-order valence-electron chi connectivity index (χ3n) is 6.47. The summed E-state index contributed by atoms with van der Waals surface area (Å²) in [4.78, 5) is 24.4. The maximum Gasteiger partial charge on any atom is 0.308 e. The number of carbonyl (C=O) groups excluding carboxylic acids is 2. The molecular formula is C23H42O7Si. The van der Waals surface area contributed by atoms with E-state index >= 15 is 0 Å². The van der Waals surface area contributed by atoms with Crippen LogP contribution in [-0.2, 0) is 23.5 Å². The third-order valence-corrected chi connectivity index (χ3v) is 11.2. The molecule has 0 saturated carbocycles. The standard InChI is InChI=1S/C23H42O7Si/c1-8-31(9-2,10-3)30-19-13-14-23(7,27)20(28-18(6)25)12-11-16(4)22(17(5)24)29-21(26)15-19/h11-12,16-17,19-20,22,24,27H,8-10,13-15H2,1-7H3/b12-11+/t16-,17+,19+,20-,22-,23+/m0/s1. The lowest BCUT2D eigenvalue weighted by Gasteiger charge is -2.36. The Morgan fingerprint density at radius 2 is 1.87 bits per heavy atom. The molecule has 0 unspecified atom stereocenters. The van der Waals surface area contributed by atoms with Gasteiger partial charge in [-0.2, -0.15) is 0 Å². The molecule has 8 heteroatoms. The van der Waals surface area contributed by atoms with E-state index in [-0.39, 0.29) is 12.3 Å². The van der Waals surface area contributed by atoms with Crippen LogP contribution < -0.4 is 0 Å². The number of esters is 2. The van der Waals surface area contributed by atoms with E-state index in [0.29, 0.717) is 12.8 Å². The van der Waals surface area contributed by atoms with Gasteiger partial charge in [0.2, 0.25) is 0 Å². The summed E-state index contributed by atoms with van der Waals surface area (Å²) in [6.07, 6.45) is 1.22. The number of aliphatic hydroxyl groups is 2. The highest BCUT2D eigenvalue weighted by Crippen LogP contribution is 2.30. The summed E-state index contributed by atoms with van der Waals surface area (Å²) in [7, 11) is -2.00. The van der Waals surface area contributed by atoms with Gasteiger partial charge in [-0.1, -0.05) is 33.8 Å². The van der Waals surface area contributed by atoms with Crippen LogP contribution >= 0.6 is 0 Å². The number of hydrogen-bond acceptors (Lipinski definition) is 7. The molecule has 6 atom stereocenters. The van der Waals surface area contributed by atoms with Gasteiger partial charge in [-0.05, 0) is 50.9 Å². The molecule has 0 bridgehead atoms. The summed E-state index contributed by atoms with van der Waals surface area (Å²) in [5, 5.41) is 21.3. The van der Waals surface area contributed by atoms with E-state index in [1.54, 1.807) is 26.0 Å². The predicted molar refractivity (Wildman–Crippen MR) is 122 cm³/mol. The molecule has 0 radical (unpaired) electrons. The molecule has 0 aromatic heterocycles. The largest absolute Gasteiger partial charge is 0.459 e. The highest BCUT2D eigenvalue weighted by Gasteiger charge is 2.38. The van der Waals surface area contributed by atoms with Gasteiger partial charge in [-0.25, -0.2) is 0 Å².